The Bertz CT molecular complexity index is 1400. The molecule has 3 heterocycles. The number of hydrogen-bond acceptors (Lipinski definition) is 9. The van der Waals surface area contributed by atoms with Crippen molar-refractivity contribution in [2.24, 2.45) is 5.10 Å². The lowest BCUT2D eigenvalue weighted by Gasteiger charge is -2.33. The summed E-state index contributed by atoms with van der Waals surface area (Å²) in [7, 11) is 0. The smallest absolute Gasteiger partial charge is 0.293 e. The number of likely N-dealkylation sites (tertiary alicyclic amines) is 1. The maximum absolute atomic E-state index is 13.2. The number of rotatable bonds is 7. The number of aromatic nitrogens is 5. The average Bonchev–Trinajstić information content (AvgIpc) is 3.54. The predicted octanol–water partition coefficient (Wildman–Crippen LogP) is 3.85. The van der Waals surface area contributed by atoms with Gasteiger partial charge >= 0.3 is 0 Å². The summed E-state index contributed by atoms with van der Waals surface area (Å²) in [4.78, 5) is 15.5. The van der Waals surface area contributed by atoms with Crippen molar-refractivity contribution < 1.29 is 9.42 Å². The van der Waals surface area contributed by atoms with Crippen LogP contribution < -0.4 is 11.2 Å². The molecule has 2 aromatic heterocycles. The Morgan fingerprint density at radius 3 is 2.53 bits per heavy atom. The summed E-state index contributed by atoms with van der Waals surface area (Å²) in [6.07, 6.45) is 3.36. The Kier molecular flexibility index (Phi) is 8.49. The zero-order valence-corrected chi connectivity index (χ0v) is 22.1. The molecule has 2 aromatic carbocycles. The van der Waals surface area contributed by atoms with Gasteiger partial charge in [0.2, 0.25) is 11.6 Å². The second-order valence-electron chi connectivity index (χ2n) is 9.17. The van der Waals surface area contributed by atoms with Crippen molar-refractivity contribution in [3.63, 3.8) is 0 Å². The average molecular weight is 536 g/mol. The van der Waals surface area contributed by atoms with Crippen LogP contribution in [0.3, 0.4) is 0 Å². The molecule has 4 aromatic rings. The molecule has 1 atom stereocenters. The third kappa shape index (κ3) is 5.74. The van der Waals surface area contributed by atoms with Crippen LogP contribution in [0.1, 0.15) is 54.9 Å². The van der Waals surface area contributed by atoms with Crippen molar-refractivity contribution >= 4 is 29.8 Å². The molecule has 198 valence electrons. The fraction of sp³-hybridized carbons (Fsp3) is 0.308. The number of piperidine rings is 1. The minimum atomic E-state index is -0.471. The van der Waals surface area contributed by atoms with E-state index < -0.39 is 5.91 Å². The quantitative estimate of drug-likeness (QED) is 0.268. The van der Waals surface area contributed by atoms with Crippen LogP contribution in [0.4, 0.5) is 5.82 Å². The van der Waals surface area contributed by atoms with Crippen LogP contribution in [0.5, 0.6) is 0 Å². The highest BCUT2D eigenvalue weighted by atomic mass is 35.5. The second kappa shape index (κ2) is 12.0. The number of amides is 1. The van der Waals surface area contributed by atoms with Gasteiger partial charge in [-0.1, -0.05) is 66.2 Å². The molecular weight excluding hydrogens is 506 g/mol. The fourth-order valence-corrected chi connectivity index (χ4v) is 4.50. The van der Waals surface area contributed by atoms with Crippen LogP contribution >= 0.6 is 12.4 Å². The largest absolute Gasteiger partial charge is 0.378 e. The Morgan fingerprint density at radius 1 is 1.11 bits per heavy atom. The van der Waals surface area contributed by atoms with E-state index in [4.69, 9.17) is 10.4 Å². The topological polar surface area (TPSA) is 140 Å². The SMILES string of the molecule is C/C(=N/NC(=O)c1nnn(-c2nonc2N)c1CN1CCCCC1C)c1ccc(-c2ccccc2)cc1.Cl. The number of anilines is 1. The van der Waals surface area contributed by atoms with E-state index in [2.05, 4.69) is 55.1 Å². The minimum Gasteiger partial charge on any atom is -0.378 e. The molecule has 12 heteroatoms. The van der Waals surface area contributed by atoms with Crippen LogP contribution in [0.2, 0.25) is 0 Å². The number of nitrogens with two attached hydrogens (primary N) is 1. The first-order valence-corrected chi connectivity index (χ1v) is 12.3. The fourth-order valence-electron chi connectivity index (χ4n) is 4.50. The van der Waals surface area contributed by atoms with E-state index in [9.17, 15) is 4.79 Å². The van der Waals surface area contributed by atoms with Gasteiger partial charge in [0.05, 0.1) is 11.4 Å². The molecule has 1 fully saturated rings. The van der Waals surface area contributed by atoms with Gasteiger partial charge in [-0.25, -0.2) is 10.1 Å². The van der Waals surface area contributed by atoms with E-state index in [0.717, 1.165) is 36.1 Å². The van der Waals surface area contributed by atoms with E-state index in [1.165, 1.54) is 11.1 Å². The van der Waals surface area contributed by atoms with E-state index in [1.807, 2.05) is 49.4 Å². The lowest BCUT2D eigenvalue weighted by molar-refractivity contribution is 0.0944. The van der Waals surface area contributed by atoms with Crippen molar-refractivity contribution in [1.82, 2.24) is 35.6 Å². The zero-order valence-electron chi connectivity index (χ0n) is 21.2. The Labute approximate surface area is 226 Å². The van der Waals surface area contributed by atoms with Gasteiger partial charge < -0.3 is 5.73 Å². The number of halogens is 1. The third-order valence-electron chi connectivity index (χ3n) is 6.70. The third-order valence-corrected chi connectivity index (χ3v) is 6.70. The minimum absolute atomic E-state index is 0. The normalized spacial score (nSPS) is 16.2. The Balaban J connectivity index is 0.00000336. The van der Waals surface area contributed by atoms with Crippen molar-refractivity contribution in [1.29, 1.82) is 0 Å². The molecule has 0 saturated carbocycles. The highest BCUT2D eigenvalue weighted by Crippen LogP contribution is 2.23. The van der Waals surface area contributed by atoms with Gasteiger partial charge in [-0.15, -0.1) is 17.5 Å². The summed E-state index contributed by atoms with van der Waals surface area (Å²) in [6, 6.07) is 18.5. The number of benzene rings is 2. The molecule has 0 aliphatic carbocycles. The summed E-state index contributed by atoms with van der Waals surface area (Å²) in [5, 5.41) is 20.1. The monoisotopic (exact) mass is 535 g/mol. The van der Waals surface area contributed by atoms with Crippen molar-refractivity contribution in [2.75, 3.05) is 12.3 Å². The molecule has 1 unspecified atom stereocenters. The van der Waals surface area contributed by atoms with Crippen molar-refractivity contribution in [2.45, 2.75) is 45.7 Å². The maximum Gasteiger partial charge on any atom is 0.293 e. The Morgan fingerprint density at radius 2 is 1.84 bits per heavy atom. The molecule has 5 rings (SSSR count). The number of nitrogen functional groups attached to an aromatic ring is 1. The Hall–Kier alpha value is -4.09. The summed E-state index contributed by atoms with van der Waals surface area (Å²) < 4.78 is 6.17. The highest BCUT2D eigenvalue weighted by molar-refractivity contribution is 6.01. The van der Waals surface area contributed by atoms with Crippen LogP contribution in [0.25, 0.3) is 16.9 Å². The maximum atomic E-state index is 13.2. The number of hydrogen-bond donors (Lipinski definition) is 2. The molecular formula is C26H30ClN9O2. The van der Waals surface area contributed by atoms with Crippen LogP contribution in [-0.2, 0) is 6.54 Å². The molecule has 1 saturated heterocycles. The lowest BCUT2D eigenvalue weighted by Crippen LogP contribution is -2.38. The van der Waals surface area contributed by atoms with Crippen LogP contribution in [0.15, 0.2) is 64.3 Å². The number of nitrogens with zero attached hydrogens (tertiary/aromatic N) is 7. The summed E-state index contributed by atoms with van der Waals surface area (Å²) in [5.74, 6) is -0.205. The van der Waals surface area contributed by atoms with Crippen molar-refractivity contribution in [3.05, 3.63) is 71.5 Å². The van der Waals surface area contributed by atoms with E-state index >= 15 is 0 Å². The molecule has 38 heavy (non-hydrogen) atoms. The van der Waals surface area contributed by atoms with Crippen LogP contribution in [-0.4, -0.2) is 54.4 Å². The highest BCUT2D eigenvalue weighted by Gasteiger charge is 2.28. The van der Waals surface area contributed by atoms with Gasteiger partial charge in [0.15, 0.2) is 5.69 Å². The molecule has 1 amide bonds. The van der Waals surface area contributed by atoms with Gasteiger partial charge in [0.1, 0.15) is 0 Å². The molecule has 0 radical (unpaired) electrons. The molecule has 1 aliphatic rings. The first kappa shape index (κ1) is 27.0. The first-order valence-electron chi connectivity index (χ1n) is 12.3. The number of hydrazone groups is 1. The molecule has 0 spiro atoms. The lowest BCUT2D eigenvalue weighted by atomic mass is 10.0. The van der Waals surface area contributed by atoms with E-state index in [1.54, 1.807) is 0 Å². The molecule has 0 bridgehead atoms. The number of nitrogens with one attached hydrogen (secondary N) is 1. The summed E-state index contributed by atoms with van der Waals surface area (Å²) >= 11 is 0. The molecule has 1 aliphatic heterocycles. The molecule has 3 N–H and O–H groups in total. The van der Waals surface area contributed by atoms with Crippen molar-refractivity contribution in [3.8, 4) is 16.9 Å². The van der Waals surface area contributed by atoms with Gasteiger partial charge in [0, 0.05) is 12.6 Å². The van der Waals surface area contributed by atoms with E-state index in [0.29, 0.717) is 24.0 Å². The second-order valence-corrected chi connectivity index (χ2v) is 9.17. The first-order chi connectivity index (χ1) is 18.0. The standard InChI is InChI=1S/C26H29N9O2.ClH/c1-17-8-6-7-15-34(17)16-22-23(29-33-35(22)25-24(27)31-37-32-25)26(36)30-28-18(2)19-11-13-21(14-12-19)20-9-4-3-5-10-20;/h3-5,9-14,17H,6-8,15-16H2,1-2H3,(H2,27,31)(H,30,36);1H/b28-18-;. The van der Waals surface area contributed by atoms with Gasteiger partial charge in [-0.2, -0.15) is 9.78 Å². The summed E-state index contributed by atoms with van der Waals surface area (Å²) in [6.45, 7) is 5.38. The van der Waals surface area contributed by atoms with Crippen LogP contribution in [0, 0.1) is 0 Å². The zero-order chi connectivity index (χ0) is 25.8. The van der Waals surface area contributed by atoms with E-state index in [-0.39, 0.29) is 29.7 Å². The number of carbonyl (C=O) groups is 1. The predicted molar refractivity (Wildman–Crippen MR) is 146 cm³/mol. The molecule has 11 nitrogen and oxygen atoms in total. The number of carbonyl (C=O) groups excluding carboxylic acids is 1. The van der Waals surface area contributed by atoms with Gasteiger partial charge in [-0.3, -0.25) is 9.69 Å². The van der Waals surface area contributed by atoms with Gasteiger partial charge in [-0.05, 0) is 60.2 Å². The summed E-state index contributed by atoms with van der Waals surface area (Å²) in [5.41, 5.74) is 13.0. The van der Waals surface area contributed by atoms with Gasteiger partial charge in [0.25, 0.3) is 5.91 Å².